The lowest BCUT2D eigenvalue weighted by molar-refractivity contribution is -0.153. The summed E-state index contributed by atoms with van der Waals surface area (Å²) in [5.41, 5.74) is 1.56. The fraction of sp³-hybridized carbons (Fsp3) is 0.308. The molecule has 0 aliphatic carbocycles. The molecular formula is C13H15NO3. The first-order chi connectivity index (χ1) is 8.15. The summed E-state index contributed by atoms with van der Waals surface area (Å²) in [6.45, 7) is 1.98. The van der Waals surface area contributed by atoms with Crippen molar-refractivity contribution >= 4 is 16.9 Å². The normalized spacial score (nSPS) is 12.6. The Morgan fingerprint density at radius 1 is 1.47 bits per heavy atom. The van der Waals surface area contributed by atoms with Crippen LogP contribution in [0.25, 0.3) is 10.9 Å². The molecule has 0 aliphatic rings. The molecule has 1 aromatic heterocycles. The number of aromatic nitrogens is 1. The second-order valence-electron chi connectivity index (χ2n) is 3.87. The van der Waals surface area contributed by atoms with Gasteiger partial charge in [0, 0.05) is 29.7 Å². The van der Waals surface area contributed by atoms with E-state index < -0.39 is 12.1 Å². The molecule has 0 aliphatic heterocycles. The molecule has 0 radical (unpaired) electrons. The van der Waals surface area contributed by atoms with E-state index in [1.54, 1.807) is 13.1 Å². The average molecular weight is 233 g/mol. The minimum Gasteiger partial charge on any atom is -0.464 e. The number of benzene rings is 1. The van der Waals surface area contributed by atoms with Crippen LogP contribution in [0.5, 0.6) is 0 Å². The van der Waals surface area contributed by atoms with Crippen molar-refractivity contribution < 1.29 is 14.6 Å². The number of carbonyl (C=O) groups is 1. The van der Waals surface area contributed by atoms with Crippen LogP contribution in [0.1, 0.15) is 18.6 Å². The standard InChI is InChI=1S/C13H15NO3/c1-3-17-13(16)12(15)10-8-14(2)11-7-5-4-6-9(10)11/h4-8,12,15H,3H2,1-2H3. The maximum Gasteiger partial charge on any atom is 0.339 e. The second kappa shape index (κ2) is 4.59. The Morgan fingerprint density at radius 3 is 2.88 bits per heavy atom. The summed E-state index contributed by atoms with van der Waals surface area (Å²) in [6, 6.07) is 7.62. The highest BCUT2D eigenvalue weighted by atomic mass is 16.5. The van der Waals surface area contributed by atoms with E-state index in [-0.39, 0.29) is 6.61 Å². The molecule has 1 unspecified atom stereocenters. The molecule has 4 heteroatoms. The largest absolute Gasteiger partial charge is 0.464 e. The number of fused-ring (bicyclic) bond motifs is 1. The van der Waals surface area contributed by atoms with Gasteiger partial charge < -0.3 is 14.4 Å². The summed E-state index contributed by atoms with van der Waals surface area (Å²) in [5, 5.41) is 10.8. The summed E-state index contributed by atoms with van der Waals surface area (Å²) in [7, 11) is 1.88. The summed E-state index contributed by atoms with van der Waals surface area (Å²) in [6.07, 6.45) is 0.535. The van der Waals surface area contributed by atoms with Crippen molar-refractivity contribution in [1.29, 1.82) is 0 Å². The Balaban J connectivity index is 2.45. The van der Waals surface area contributed by atoms with Crippen LogP contribution < -0.4 is 0 Å². The quantitative estimate of drug-likeness (QED) is 0.822. The summed E-state index contributed by atoms with van der Waals surface area (Å²) >= 11 is 0. The first-order valence-electron chi connectivity index (χ1n) is 5.53. The van der Waals surface area contributed by atoms with Gasteiger partial charge in [-0.15, -0.1) is 0 Å². The van der Waals surface area contributed by atoms with Crippen LogP contribution in [0, 0.1) is 0 Å². The van der Waals surface area contributed by atoms with E-state index in [4.69, 9.17) is 4.74 Å². The van der Waals surface area contributed by atoms with Gasteiger partial charge in [0.25, 0.3) is 0 Å². The maximum atomic E-state index is 11.5. The van der Waals surface area contributed by atoms with E-state index in [0.717, 1.165) is 10.9 Å². The number of hydrogen-bond donors (Lipinski definition) is 1. The van der Waals surface area contributed by atoms with E-state index in [2.05, 4.69) is 0 Å². The van der Waals surface area contributed by atoms with Crippen LogP contribution in [0.3, 0.4) is 0 Å². The number of ether oxygens (including phenoxy) is 1. The minimum absolute atomic E-state index is 0.265. The molecule has 90 valence electrons. The van der Waals surface area contributed by atoms with Crippen LogP contribution in [0.2, 0.25) is 0 Å². The smallest absolute Gasteiger partial charge is 0.339 e. The van der Waals surface area contributed by atoms with Gasteiger partial charge in [-0.05, 0) is 13.0 Å². The third-order valence-electron chi connectivity index (χ3n) is 2.73. The molecule has 4 nitrogen and oxygen atoms in total. The average Bonchev–Trinajstić information content (AvgIpc) is 2.67. The molecule has 0 saturated carbocycles. The first-order valence-corrected chi connectivity index (χ1v) is 5.53. The summed E-state index contributed by atoms with van der Waals surface area (Å²) in [4.78, 5) is 11.5. The fourth-order valence-corrected chi connectivity index (χ4v) is 1.94. The summed E-state index contributed by atoms with van der Waals surface area (Å²) < 4.78 is 6.70. The van der Waals surface area contributed by atoms with Gasteiger partial charge in [0.1, 0.15) is 0 Å². The Labute approximate surface area is 99.4 Å². The molecule has 0 saturated heterocycles. The molecule has 0 fully saturated rings. The van der Waals surface area contributed by atoms with Crippen LogP contribution in [0.4, 0.5) is 0 Å². The van der Waals surface area contributed by atoms with Crippen LogP contribution >= 0.6 is 0 Å². The highest BCUT2D eigenvalue weighted by Crippen LogP contribution is 2.26. The maximum absolute atomic E-state index is 11.5. The van der Waals surface area contributed by atoms with E-state index in [0.29, 0.717) is 5.56 Å². The molecule has 1 atom stereocenters. The number of carbonyl (C=O) groups excluding carboxylic acids is 1. The highest BCUT2D eigenvalue weighted by molar-refractivity contribution is 5.89. The van der Waals surface area contributed by atoms with E-state index >= 15 is 0 Å². The molecule has 1 aromatic carbocycles. The van der Waals surface area contributed by atoms with Gasteiger partial charge in [-0.3, -0.25) is 0 Å². The number of nitrogens with zero attached hydrogens (tertiary/aromatic N) is 1. The monoisotopic (exact) mass is 233 g/mol. The lowest BCUT2D eigenvalue weighted by Crippen LogP contribution is -2.15. The molecule has 1 heterocycles. The topological polar surface area (TPSA) is 51.5 Å². The lowest BCUT2D eigenvalue weighted by atomic mass is 10.1. The van der Waals surface area contributed by atoms with E-state index in [1.165, 1.54) is 0 Å². The first kappa shape index (κ1) is 11.7. The number of hydrogen-bond acceptors (Lipinski definition) is 3. The highest BCUT2D eigenvalue weighted by Gasteiger charge is 2.22. The van der Waals surface area contributed by atoms with Crippen molar-refractivity contribution in [3.05, 3.63) is 36.0 Å². The predicted octanol–water partition coefficient (Wildman–Crippen LogP) is 1.77. The number of aliphatic hydroxyl groups excluding tert-OH is 1. The number of para-hydroxylation sites is 1. The van der Waals surface area contributed by atoms with Gasteiger partial charge >= 0.3 is 5.97 Å². The van der Waals surface area contributed by atoms with Crippen LogP contribution in [-0.2, 0) is 16.6 Å². The zero-order valence-electron chi connectivity index (χ0n) is 9.88. The Kier molecular flexibility index (Phi) is 3.15. The zero-order valence-corrected chi connectivity index (χ0v) is 9.88. The number of aliphatic hydroxyl groups is 1. The van der Waals surface area contributed by atoms with Crippen molar-refractivity contribution in [2.45, 2.75) is 13.0 Å². The van der Waals surface area contributed by atoms with Gasteiger partial charge in [0.2, 0.25) is 0 Å². The molecular weight excluding hydrogens is 218 g/mol. The van der Waals surface area contributed by atoms with E-state index in [9.17, 15) is 9.90 Å². The SMILES string of the molecule is CCOC(=O)C(O)c1cn(C)c2ccccc12. The summed E-state index contributed by atoms with van der Waals surface area (Å²) in [5.74, 6) is -0.608. The minimum atomic E-state index is -1.22. The fourth-order valence-electron chi connectivity index (χ4n) is 1.94. The van der Waals surface area contributed by atoms with Crippen molar-refractivity contribution in [3.8, 4) is 0 Å². The van der Waals surface area contributed by atoms with Gasteiger partial charge in [-0.25, -0.2) is 4.79 Å². The van der Waals surface area contributed by atoms with Gasteiger partial charge in [0.15, 0.2) is 6.10 Å². The lowest BCUT2D eigenvalue weighted by Gasteiger charge is -2.08. The second-order valence-corrected chi connectivity index (χ2v) is 3.87. The van der Waals surface area contributed by atoms with Crippen molar-refractivity contribution in [2.24, 2.45) is 7.05 Å². The predicted molar refractivity (Wildman–Crippen MR) is 64.5 cm³/mol. The number of rotatable bonds is 3. The van der Waals surface area contributed by atoms with Crippen LogP contribution in [-0.4, -0.2) is 22.2 Å². The molecule has 0 amide bonds. The van der Waals surface area contributed by atoms with Gasteiger partial charge in [-0.2, -0.15) is 0 Å². The van der Waals surface area contributed by atoms with Crippen molar-refractivity contribution in [3.63, 3.8) is 0 Å². The Morgan fingerprint density at radius 2 is 2.18 bits per heavy atom. The zero-order chi connectivity index (χ0) is 12.4. The van der Waals surface area contributed by atoms with Crippen molar-refractivity contribution in [2.75, 3.05) is 6.61 Å². The molecule has 17 heavy (non-hydrogen) atoms. The van der Waals surface area contributed by atoms with Gasteiger partial charge in [0.05, 0.1) is 6.61 Å². The third kappa shape index (κ3) is 2.03. The van der Waals surface area contributed by atoms with Gasteiger partial charge in [-0.1, -0.05) is 18.2 Å². The Hall–Kier alpha value is -1.81. The molecule has 0 spiro atoms. The molecule has 1 N–H and O–H groups in total. The molecule has 2 aromatic rings. The Bertz CT molecular complexity index is 545. The number of aryl methyl sites for hydroxylation is 1. The molecule has 0 bridgehead atoms. The van der Waals surface area contributed by atoms with Crippen LogP contribution in [0.15, 0.2) is 30.5 Å². The number of esters is 1. The third-order valence-corrected chi connectivity index (χ3v) is 2.73. The van der Waals surface area contributed by atoms with E-state index in [1.807, 2.05) is 35.9 Å². The van der Waals surface area contributed by atoms with Crippen molar-refractivity contribution in [1.82, 2.24) is 4.57 Å². The molecule has 2 rings (SSSR count).